The molecule has 2 heterocycles. The molecule has 1 aliphatic heterocycles. The topological polar surface area (TPSA) is 103 Å². The van der Waals surface area contributed by atoms with Gasteiger partial charge in [0.15, 0.2) is 5.82 Å². The van der Waals surface area contributed by atoms with E-state index < -0.39 is 0 Å². The maximum absolute atomic E-state index is 12.3. The Morgan fingerprint density at radius 2 is 2.00 bits per heavy atom. The molecule has 1 fully saturated rings. The summed E-state index contributed by atoms with van der Waals surface area (Å²) in [5.74, 6) is 6.85. The SMILES string of the molecule is CCOC(=O)C1CCN(C(=O)CSc2nnc(C(C)C)n2N)CC1. The number of nitrogens with two attached hydrogens (primary N) is 1. The zero-order valence-electron chi connectivity index (χ0n) is 14.4. The van der Waals surface area contributed by atoms with Gasteiger partial charge < -0.3 is 15.5 Å². The number of nitrogens with zero attached hydrogens (tertiary/aromatic N) is 4. The predicted octanol–water partition coefficient (Wildman–Crippen LogP) is 1.01. The molecule has 0 spiro atoms. The fourth-order valence-corrected chi connectivity index (χ4v) is 3.39. The number of ether oxygens (including phenoxy) is 1. The molecule has 24 heavy (non-hydrogen) atoms. The Balaban J connectivity index is 1.81. The van der Waals surface area contributed by atoms with Gasteiger partial charge in [-0.15, -0.1) is 10.2 Å². The van der Waals surface area contributed by atoms with Crippen molar-refractivity contribution in [2.75, 3.05) is 31.3 Å². The molecule has 0 unspecified atom stereocenters. The predicted molar refractivity (Wildman–Crippen MR) is 90.9 cm³/mol. The Labute approximate surface area is 146 Å². The number of piperidine rings is 1. The molecule has 0 aromatic carbocycles. The summed E-state index contributed by atoms with van der Waals surface area (Å²) >= 11 is 1.28. The molecule has 8 nitrogen and oxygen atoms in total. The van der Waals surface area contributed by atoms with Crippen LogP contribution >= 0.6 is 11.8 Å². The van der Waals surface area contributed by atoms with E-state index in [1.54, 1.807) is 11.8 Å². The van der Waals surface area contributed by atoms with Crippen LogP contribution in [0.4, 0.5) is 0 Å². The summed E-state index contributed by atoms with van der Waals surface area (Å²) in [7, 11) is 0. The van der Waals surface area contributed by atoms with E-state index in [1.165, 1.54) is 16.4 Å². The minimum Gasteiger partial charge on any atom is -0.466 e. The molecule has 9 heteroatoms. The van der Waals surface area contributed by atoms with E-state index in [9.17, 15) is 9.59 Å². The molecular formula is C15H25N5O3S. The highest BCUT2D eigenvalue weighted by Crippen LogP contribution is 2.22. The molecule has 0 bridgehead atoms. The van der Waals surface area contributed by atoms with E-state index in [4.69, 9.17) is 10.6 Å². The average molecular weight is 355 g/mol. The minimum absolute atomic E-state index is 0.0244. The van der Waals surface area contributed by atoms with E-state index in [-0.39, 0.29) is 29.5 Å². The van der Waals surface area contributed by atoms with Crippen molar-refractivity contribution in [1.82, 2.24) is 19.8 Å². The number of aromatic nitrogens is 3. The number of nitrogen functional groups attached to an aromatic ring is 1. The number of rotatable bonds is 6. The molecular weight excluding hydrogens is 330 g/mol. The number of esters is 1. The van der Waals surface area contributed by atoms with Crippen molar-refractivity contribution in [2.45, 2.75) is 44.7 Å². The lowest BCUT2D eigenvalue weighted by Crippen LogP contribution is -2.41. The van der Waals surface area contributed by atoms with Gasteiger partial charge in [-0.05, 0) is 19.8 Å². The lowest BCUT2D eigenvalue weighted by atomic mass is 9.97. The Morgan fingerprint density at radius 3 is 2.54 bits per heavy atom. The van der Waals surface area contributed by atoms with Crippen LogP contribution in [0, 0.1) is 5.92 Å². The van der Waals surface area contributed by atoms with Crippen molar-refractivity contribution < 1.29 is 14.3 Å². The third-order valence-electron chi connectivity index (χ3n) is 4.00. The zero-order valence-corrected chi connectivity index (χ0v) is 15.2. The third kappa shape index (κ3) is 4.40. The lowest BCUT2D eigenvalue weighted by Gasteiger charge is -2.30. The van der Waals surface area contributed by atoms with Crippen LogP contribution in [0.3, 0.4) is 0 Å². The third-order valence-corrected chi connectivity index (χ3v) is 4.93. The summed E-state index contributed by atoms with van der Waals surface area (Å²) in [5.41, 5.74) is 0. The molecule has 134 valence electrons. The highest BCUT2D eigenvalue weighted by Gasteiger charge is 2.28. The first-order valence-corrected chi connectivity index (χ1v) is 9.20. The van der Waals surface area contributed by atoms with Crippen LogP contribution in [0.5, 0.6) is 0 Å². The van der Waals surface area contributed by atoms with E-state index in [0.29, 0.717) is 43.5 Å². The summed E-state index contributed by atoms with van der Waals surface area (Å²) in [5, 5.41) is 8.61. The Kier molecular flexibility index (Phi) is 6.47. The highest BCUT2D eigenvalue weighted by molar-refractivity contribution is 7.99. The largest absolute Gasteiger partial charge is 0.466 e. The van der Waals surface area contributed by atoms with Crippen molar-refractivity contribution in [3.63, 3.8) is 0 Å². The summed E-state index contributed by atoms with van der Waals surface area (Å²) in [6.07, 6.45) is 1.31. The molecule has 1 saturated heterocycles. The normalized spacial score (nSPS) is 15.8. The van der Waals surface area contributed by atoms with Gasteiger partial charge in [-0.25, -0.2) is 4.68 Å². The van der Waals surface area contributed by atoms with Gasteiger partial charge in [0.2, 0.25) is 11.1 Å². The maximum Gasteiger partial charge on any atom is 0.309 e. The van der Waals surface area contributed by atoms with Crippen LogP contribution in [0.1, 0.15) is 45.4 Å². The number of likely N-dealkylation sites (tertiary alicyclic amines) is 1. The number of carbonyl (C=O) groups is 2. The fourth-order valence-electron chi connectivity index (χ4n) is 2.62. The summed E-state index contributed by atoms with van der Waals surface area (Å²) in [6.45, 7) is 7.33. The second-order valence-corrected chi connectivity index (χ2v) is 7.00. The lowest BCUT2D eigenvalue weighted by molar-refractivity contribution is -0.151. The fraction of sp³-hybridized carbons (Fsp3) is 0.733. The van der Waals surface area contributed by atoms with Crippen LogP contribution in [0.2, 0.25) is 0 Å². The Hall–Kier alpha value is -1.77. The number of hydrogen-bond acceptors (Lipinski definition) is 7. The molecule has 0 saturated carbocycles. The van der Waals surface area contributed by atoms with Crippen LogP contribution in [0.25, 0.3) is 0 Å². The van der Waals surface area contributed by atoms with Gasteiger partial charge in [0.05, 0.1) is 18.3 Å². The minimum atomic E-state index is -0.156. The highest BCUT2D eigenvalue weighted by atomic mass is 32.2. The van der Waals surface area contributed by atoms with Gasteiger partial charge >= 0.3 is 5.97 Å². The summed E-state index contributed by atoms with van der Waals surface area (Å²) in [6, 6.07) is 0. The second-order valence-electron chi connectivity index (χ2n) is 6.06. The monoisotopic (exact) mass is 355 g/mol. The molecule has 0 atom stereocenters. The zero-order chi connectivity index (χ0) is 17.7. The first-order chi connectivity index (χ1) is 11.4. The van der Waals surface area contributed by atoms with Gasteiger partial charge in [-0.1, -0.05) is 25.6 Å². The Morgan fingerprint density at radius 1 is 1.33 bits per heavy atom. The van der Waals surface area contributed by atoms with Crippen molar-refractivity contribution >= 4 is 23.6 Å². The van der Waals surface area contributed by atoms with Gasteiger partial charge in [0.1, 0.15) is 0 Å². The number of amides is 1. The van der Waals surface area contributed by atoms with Crippen molar-refractivity contribution in [2.24, 2.45) is 5.92 Å². The molecule has 1 aromatic rings. The van der Waals surface area contributed by atoms with Crippen LogP contribution < -0.4 is 5.84 Å². The van der Waals surface area contributed by atoms with Gasteiger partial charge in [0.25, 0.3) is 0 Å². The van der Waals surface area contributed by atoms with Crippen molar-refractivity contribution in [1.29, 1.82) is 0 Å². The van der Waals surface area contributed by atoms with Gasteiger partial charge in [0, 0.05) is 19.0 Å². The molecule has 0 aliphatic carbocycles. The molecule has 2 N–H and O–H groups in total. The van der Waals surface area contributed by atoms with Crippen LogP contribution in [-0.4, -0.2) is 57.1 Å². The molecule has 2 rings (SSSR count). The first-order valence-electron chi connectivity index (χ1n) is 8.21. The summed E-state index contributed by atoms with van der Waals surface area (Å²) in [4.78, 5) is 25.8. The quantitative estimate of drug-likeness (QED) is 0.461. The van der Waals surface area contributed by atoms with Crippen molar-refractivity contribution in [3.05, 3.63) is 5.82 Å². The van der Waals surface area contributed by atoms with Crippen LogP contribution in [0.15, 0.2) is 5.16 Å². The first kappa shape index (κ1) is 18.6. The van der Waals surface area contributed by atoms with Gasteiger partial charge in [-0.2, -0.15) is 0 Å². The molecule has 1 aliphatic rings. The van der Waals surface area contributed by atoms with E-state index >= 15 is 0 Å². The number of hydrogen-bond donors (Lipinski definition) is 1. The van der Waals surface area contributed by atoms with Crippen molar-refractivity contribution in [3.8, 4) is 0 Å². The van der Waals surface area contributed by atoms with Gasteiger partial charge in [-0.3, -0.25) is 9.59 Å². The smallest absolute Gasteiger partial charge is 0.309 e. The maximum atomic E-state index is 12.3. The van der Waals surface area contributed by atoms with E-state index in [1.807, 2.05) is 13.8 Å². The average Bonchev–Trinajstić information content (AvgIpc) is 2.94. The number of carbonyl (C=O) groups excluding carboxylic acids is 2. The van der Waals surface area contributed by atoms with Crippen LogP contribution in [-0.2, 0) is 14.3 Å². The van der Waals surface area contributed by atoms with E-state index in [2.05, 4.69) is 10.2 Å². The number of thioether (sulfide) groups is 1. The molecule has 1 aromatic heterocycles. The standard InChI is InChI=1S/C15H25N5O3S/c1-4-23-14(22)11-5-7-19(8-6-11)12(21)9-24-15-18-17-13(10(2)3)20(15)16/h10-11H,4-9,16H2,1-3H3. The second kappa shape index (κ2) is 8.36. The summed E-state index contributed by atoms with van der Waals surface area (Å²) < 4.78 is 6.48. The molecule has 0 radical (unpaired) electrons. The van der Waals surface area contributed by atoms with E-state index in [0.717, 1.165) is 0 Å². The molecule has 1 amide bonds. The Bertz CT molecular complexity index is 582.